The van der Waals surface area contributed by atoms with Gasteiger partial charge in [-0.05, 0) is 134 Å². The first-order valence-corrected chi connectivity index (χ1v) is 34.6. The van der Waals surface area contributed by atoms with Crippen LogP contribution in [0.15, 0.2) is 188 Å². The van der Waals surface area contributed by atoms with Gasteiger partial charge >= 0.3 is 0 Å². The highest BCUT2D eigenvalue weighted by Crippen LogP contribution is 2.36. The lowest BCUT2D eigenvalue weighted by molar-refractivity contribution is -0.117. The number of aromatic nitrogens is 7. The number of halogens is 1. The fraction of sp³-hybridized carbons (Fsp3) is 0.151. The number of carbonyl (C=O) groups is 4. The van der Waals surface area contributed by atoms with Crippen LogP contribution in [0.2, 0.25) is 0 Å². The quantitative estimate of drug-likeness (QED) is 0.0681. The molecule has 19 nitrogen and oxygen atoms in total. The van der Waals surface area contributed by atoms with Crippen molar-refractivity contribution in [3.63, 3.8) is 0 Å². The van der Waals surface area contributed by atoms with E-state index < -0.39 is 0 Å². The zero-order valence-corrected chi connectivity index (χ0v) is 59.1. The Labute approximate surface area is 582 Å². The fourth-order valence-electron chi connectivity index (χ4n) is 10.2. The molecule has 492 valence electrons. The number of hydrogen-bond acceptors (Lipinski definition) is 18. The number of thiazole rings is 4. The van der Waals surface area contributed by atoms with Gasteiger partial charge in [-0.3, -0.25) is 32.4 Å². The Morgan fingerprint density at radius 1 is 0.505 bits per heavy atom. The molecule has 0 spiro atoms. The molecule has 7 aromatic heterocycles. The van der Waals surface area contributed by atoms with Gasteiger partial charge in [-0.25, -0.2) is 19.9 Å². The summed E-state index contributed by atoms with van der Waals surface area (Å²) in [6.07, 6.45) is 6.67. The number of anilines is 4. The van der Waals surface area contributed by atoms with Gasteiger partial charge < -0.3 is 40.2 Å². The van der Waals surface area contributed by atoms with Crippen LogP contribution in [0, 0.1) is 0 Å². The Hall–Kier alpha value is -10.5. The molecule has 15 rings (SSSR count). The van der Waals surface area contributed by atoms with E-state index in [0.29, 0.717) is 28.1 Å². The second-order valence-electron chi connectivity index (χ2n) is 21.9. The number of Topliss-reactive ketones (excluding diaryl/α,β-unsaturated/α-hetero) is 2. The number of methoxy groups -OCH3 is 4. The van der Waals surface area contributed by atoms with Crippen LogP contribution in [0.4, 0.5) is 22.2 Å². The number of nitrogens with one attached hydrogen (secondary N) is 2. The van der Waals surface area contributed by atoms with Crippen LogP contribution in [0.5, 0.6) is 23.0 Å². The first kappa shape index (κ1) is 67.9. The van der Waals surface area contributed by atoms with Crippen molar-refractivity contribution in [2.45, 2.75) is 27.2 Å². The summed E-state index contributed by atoms with van der Waals surface area (Å²) >= 11 is 9.52. The molecule has 0 saturated carbocycles. The maximum atomic E-state index is 11.5. The summed E-state index contributed by atoms with van der Waals surface area (Å²) in [5.41, 5.74) is 20.3. The van der Waals surface area contributed by atoms with Crippen molar-refractivity contribution in [1.82, 2.24) is 33.1 Å². The third-order valence-corrected chi connectivity index (χ3v) is 19.8. The van der Waals surface area contributed by atoms with Gasteiger partial charge in [-0.15, -0.1) is 0 Å². The summed E-state index contributed by atoms with van der Waals surface area (Å²) in [5.74, 6) is 3.51. The van der Waals surface area contributed by atoms with Crippen LogP contribution < -0.4 is 40.2 Å². The van der Waals surface area contributed by atoms with Crippen molar-refractivity contribution >= 4 is 163 Å². The number of fused-ring (bicyclic) bond motifs is 10. The lowest BCUT2D eigenvalue weighted by Crippen LogP contribution is -2.22. The molecule has 0 saturated heterocycles. The van der Waals surface area contributed by atoms with Gasteiger partial charge in [0.1, 0.15) is 28.8 Å². The molecule has 0 fully saturated rings. The van der Waals surface area contributed by atoms with Crippen LogP contribution in [0.3, 0.4) is 0 Å². The van der Waals surface area contributed by atoms with Gasteiger partial charge in [-0.1, -0.05) is 110 Å². The molecule has 0 bridgehead atoms. The maximum Gasteiger partial charge on any atom is 0.223 e. The molecule has 0 radical (unpaired) electrons. The molecule has 0 atom stereocenters. The van der Waals surface area contributed by atoms with Gasteiger partial charge in [0.15, 0.2) is 25.8 Å². The van der Waals surface area contributed by atoms with Gasteiger partial charge in [-0.2, -0.15) is 0 Å². The van der Waals surface area contributed by atoms with Crippen molar-refractivity contribution in [2.24, 2.45) is 0 Å². The third-order valence-electron chi connectivity index (χ3n) is 15.4. The summed E-state index contributed by atoms with van der Waals surface area (Å²) in [6.45, 7) is 4.60. The molecule has 0 aliphatic rings. The maximum absolute atomic E-state index is 11.5. The number of amides is 2. The summed E-state index contributed by atoms with van der Waals surface area (Å²) in [4.78, 5) is 67.5. The second kappa shape index (κ2) is 30.5. The summed E-state index contributed by atoms with van der Waals surface area (Å²) in [5, 5.41) is 6.66. The number of nitrogens with two attached hydrogens (primary N) is 1. The van der Waals surface area contributed by atoms with Gasteiger partial charge in [0.25, 0.3) is 0 Å². The van der Waals surface area contributed by atoms with E-state index in [4.69, 9.17) is 39.6 Å². The molecule has 8 aromatic carbocycles. The number of benzene rings is 8. The van der Waals surface area contributed by atoms with Crippen molar-refractivity contribution in [3.8, 4) is 56.8 Å². The Morgan fingerprint density at radius 3 is 1.30 bits per heavy atom. The number of ether oxygens (including phenoxy) is 4. The number of hydrogen-bond donors (Lipinski definition) is 3. The molecule has 97 heavy (non-hydrogen) atoms. The molecule has 2 amide bonds. The monoisotopic (exact) mass is 1430 g/mol. The predicted molar refractivity (Wildman–Crippen MR) is 400 cm³/mol. The number of nitrogens with zero attached hydrogens (tertiary/aromatic N) is 8. The van der Waals surface area contributed by atoms with E-state index in [0.717, 1.165) is 125 Å². The van der Waals surface area contributed by atoms with E-state index in [1.54, 1.807) is 113 Å². The molecular weight excluding hydrogens is 1370 g/mol. The van der Waals surface area contributed by atoms with Crippen LogP contribution in [0.1, 0.15) is 36.7 Å². The van der Waals surface area contributed by atoms with Crippen molar-refractivity contribution in [2.75, 3.05) is 69.1 Å². The Balaban J connectivity index is 0.000000126. The van der Waals surface area contributed by atoms with Crippen molar-refractivity contribution in [3.05, 3.63) is 200 Å². The van der Waals surface area contributed by atoms with Crippen molar-refractivity contribution in [1.29, 1.82) is 0 Å². The van der Waals surface area contributed by atoms with Crippen LogP contribution in [-0.2, 0) is 20.8 Å². The topological polar surface area (TPSA) is 223 Å². The average Bonchev–Trinajstić information content (AvgIpc) is 1.63. The van der Waals surface area contributed by atoms with Crippen LogP contribution >= 0.6 is 61.3 Å². The van der Waals surface area contributed by atoms with E-state index in [-0.39, 0.29) is 23.4 Å². The van der Waals surface area contributed by atoms with E-state index in [9.17, 15) is 19.2 Å². The van der Waals surface area contributed by atoms with E-state index in [1.165, 1.54) is 23.0 Å². The highest BCUT2D eigenvalue weighted by molar-refractivity contribution is 9.09. The first-order chi connectivity index (χ1) is 46.9. The molecule has 0 unspecified atom stereocenters. The lowest BCUT2D eigenvalue weighted by atomic mass is 10.1. The average molecular weight is 1430 g/mol. The summed E-state index contributed by atoms with van der Waals surface area (Å²) in [6, 6.07) is 54.9. The SMILES string of the molecule is CC(=O)Nc1ccc(C(=O)CBr)cc1.CNc1ccc(-c2cn3c(n2)sc2cc(OC)ccc23)cc1.COc1ccc2c(c1)sc1nc(-c3ccc(CC(C)=O)cc3)cn12.COc1ccc2c(c1)sc1nc(-c3ccc(N(C)C(C)=O)cc3)cn12.COc1ccc2nc(N)sc2c1. The Morgan fingerprint density at radius 2 is 0.907 bits per heavy atom. The highest BCUT2D eigenvalue weighted by atomic mass is 79.9. The number of rotatable bonds is 14. The van der Waals surface area contributed by atoms with Gasteiger partial charge in [0, 0.05) is 92.3 Å². The minimum Gasteiger partial charge on any atom is -0.497 e. The Kier molecular flexibility index (Phi) is 21.3. The zero-order chi connectivity index (χ0) is 68.4. The standard InChI is InChI=1S/C19H17N3O2S.C19H16N2O2S.C17H15N3OS.C10H10BrNO2.C8H8N2OS/c1-12(23)21(2)14-6-4-13(5-7-14)16-11-22-17-9-8-15(24-3)10-18(17)25-19(22)20-16;1-12(22)9-13-3-5-14(6-4-13)16-11-21-17-8-7-15(23-2)10-18(17)24-19(21)20-16;1-18-12-5-3-11(4-6-12)14-10-20-15-8-7-13(21-2)9-16(15)22-17(20)19-14;1-7(13)12-9-4-2-8(3-5-9)10(14)6-11;1-11-5-2-3-6-7(4-5)12-8(9)10-6/h4-11H,1-3H3;3-8,10-11H,9H2,1-2H3;3-10,18H,1-2H3;2-5H,6H2,1H3,(H,12,13);2-4H,1H3,(H2,9,10). The number of nitrogen functional groups attached to an aromatic ring is 1. The molecule has 4 N–H and O–H groups in total. The highest BCUT2D eigenvalue weighted by Gasteiger charge is 2.16. The fourth-order valence-corrected chi connectivity index (χ4v) is 14.4. The predicted octanol–water partition coefficient (Wildman–Crippen LogP) is 16.9. The minimum absolute atomic E-state index is 0.0113. The Bertz CT molecular complexity index is 5310. The van der Waals surface area contributed by atoms with E-state index in [2.05, 4.69) is 99.6 Å². The van der Waals surface area contributed by atoms with Crippen LogP contribution in [0.25, 0.3) is 89.5 Å². The van der Waals surface area contributed by atoms with E-state index >= 15 is 0 Å². The molecule has 0 aliphatic heterocycles. The second-order valence-corrected chi connectivity index (χ2v) is 26.5. The van der Waals surface area contributed by atoms with E-state index in [1.807, 2.05) is 116 Å². The lowest BCUT2D eigenvalue weighted by Gasteiger charge is -2.14. The summed E-state index contributed by atoms with van der Waals surface area (Å²) in [7, 11) is 10.4. The molecule has 24 heteroatoms. The van der Waals surface area contributed by atoms with Gasteiger partial charge in [0.2, 0.25) is 11.8 Å². The molecule has 15 aromatic rings. The number of ketones is 2. The largest absolute Gasteiger partial charge is 0.497 e. The number of alkyl halides is 1. The smallest absolute Gasteiger partial charge is 0.223 e. The normalized spacial score (nSPS) is 10.9. The van der Waals surface area contributed by atoms with Crippen LogP contribution in [-0.4, -0.2) is 104 Å². The number of imidazole rings is 3. The molecule has 7 heterocycles. The molecule has 0 aliphatic carbocycles. The summed E-state index contributed by atoms with van der Waals surface area (Å²) < 4.78 is 31.8. The van der Waals surface area contributed by atoms with Crippen molar-refractivity contribution < 1.29 is 38.1 Å². The number of carbonyl (C=O) groups excluding carboxylic acids is 4. The minimum atomic E-state index is -0.121. The first-order valence-electron chi connectivity index (χ1n) is 30.2. The molecular formula is C73H66BrN11O8S4. The third kappa shape index (κ3) is 15.9. The zero-order valence-electron chi connectivity index (χ0n) is 54.2. The van der Waals surface area contributed by atoms with Gasteiger partial charge in [0.05, 0.1) is 91.7 Å².